The van der Waals surface area contributed by atoms with E-state index in [9.17, 15) is 14.4 Å². The van der Waals surface area contributed by atoms with Crippen molar-refractivity contribution in [1.82, 2.24) is 10.2 Å². The van der Waals surface area contributed by atoms with Gasteiger partial charge in [0.1, 0.15) is 11.8 Å². The lowest BCUT2D eigenvalue weighted by atomic mass is 9.90. The van der Waals surface area contributed by atoms with Crippen molar-refractivity contribution in [2.45, 2.75) is 31.7 Å². The second kappa shape index (κ2) is 15.1. The molecule has 0 radical (unpaired) electrons. The molecule has 1 N–H and O–H groups in total. The van der Waals surface area contributed by atoms with Crippen LogP contribution in [0.25, 0.3) is 6.08 Å². The highest BCUT2D eigenvalue weighted by atomic mass is 32.2. The zero-order chi connectivity index (χ0) is 26.5. The van der Waals surface area contributed by atoms with E-state index >= 15 is 0 Å². The van der Waals surface area contributed by atoms with Gasteiger partial charge in [0.05, 0.1) is 7.11 Å². The van der Waals surface area contributed by atoms with Gasteiger partial charge in [0, 0.05) is 19.2 Å². The Morgan fingerprint density at radius 1 is 1.08 bits per heavy atom. The highest BCUT2D eigenvalue weighted by Crippen LogP contribution is 2.22. The Kier molecular flexibility index (Phi) is 11.6. The topological polar surface area (TPSA) is 84.9 Å². The van der Waals surface area contributed by atoms with E-state index in [1.165, 1.54) is 11.6 Å². The maximum absolute atomic E-state index is 12.7. The van der Waals surface area contributed by atoms with Crippen LogP contribution < -0.4 is 10.1 Å². The summed E-state index contributed by atoms with van der Waals surface area (Å²) in [6.45, 7) is 1.02. The maximum atomic E-state index is 12.7. The lowest BCUT2D eigenvalue weighted by Crippen LogP contribution is -2.44. The average Bonchev–Trinajstić information content (AvgIpc) is 2.93. The summed E-state index contributed by atoms with van der Waals surface area (Å²) in [6.07, 6.45) is 8.27. The summed E-state index contributed by atoms with van der Waals surface area (Å²) in [5.41, 5.74) is 2.15. The van der Waals surface area contributed by atoms with Crippen LogP contribution in [0.1, 0.15) is 30.4 Å². The fraction of sp³-hybridized carbons (Fsp3) is 0.414. The van der Waals surface area contributed by atoms with E-state index in [0.29, 0.717) is 31.2 Å². The Bertz CT molecular complexity index is 1030. The summed E-state index contributed by atoms with van der Waals surface area (Å²) in [5, 5.41) is 2.71. The minimum absolute atomic E-state index is 0.194. The molecule has 1 atom stereocenters. The number of methoxy groups -OCH3 is 1. The number of carbonyl (C=O) groups excluding carboxylic acids is 3. The predicted octanol–water partition coefficient (Wildman–Crippen LogP) is 3.97. The number of hydrogen-bond donors (Lipinski definition) is 1. The van der Waals surface area contributed by atoms with Gasteiger partial charge in [-0.2, -0.15) is 11.8 Å². The monoisotopic (exact) mass is 524 g/mol. The molecule has 0 spiro atoms. The summed E-state index contributed by atoms with van der Waals surface area (Å²) >= 11 is 1.57. The minimum Gasteiger partial charge on any atom is -0.497 e. The summed E-state index contributed by atoms with van der Waals surface area (Å²) in [5.74, 6) is 0.767. The van der Waals surface area contributed by atoms with Crippen molar-refractivity contribution in [2.24, 2.45) is 5.92 Å². The molecule has 1 aliphatic heterocycles. The Hall–Kier alpha value is -3.26. The molecule has 0 aliphatic carbocycles. The number of piperidine rings is 1. The van der Waals surface area contributed by atoms with Crippen molar-refractivity contribution in [3.8, 4) is 5.75 Å². The third-order valence-electron chi connectivity index (χ3n) is 6.43. The molecule has 0 aromatic heterocycles. The van der Waals surface area contributed by atoms with Crippen LogP contribution in [0.4, 0.5) is 0 Å². The van der Waals surface area contributed by atoms with Crippen molar-refractivity contribution < 1.29 is 23.9 Å². The number of nitrogens with one attached hydrogen (secondary N) is 1. The number of esters is 1. The van der Waals surface area contributed by atoms with E-state index < -0.39 is 17.9 Å². The van der Waals surface area contributed by atoms with Crippen LogP contribution in [-0.2, 0) is 25.5 Å². The number of likely N-dealkylation sites (tertiary alicyclic amines) is 1. The minimum atomic E-state index is -0.815. The Morgan fingerprint density at radius 2 is 1.78 bits per heavy atom. The number of thioether (sulfide) groups is 1. The highest BCUT2D eigenvalue weighted by molar-refractivity contribution is 7.98. The number of carbonyl (C=O) groups is 3. The molecule has 0 bridgehead atoms. The van der Waals surface area contributed by atoms with Crippen molar-refractivity contribution in [3.05, 3.63) is 71.8 Å². The third-order valence-corrected chi connectivity index (χ3v) is 7.07. The second-order valence-corrected chi connectivity index (χ2v) is 10.1. The van der Waals surface area contributed by atoms with Gasteiger partial charge in [-0.1, -0.05) is 42.5 Å². The summed E-state index contributed by atoms with van der Waals surface area (Å²) < 4.78 is 10.5. The molecule has 7 nitrogen and oxygen atoms in total. The van der Waals surface area contributed by atoms with Crippen LogP contribution in [0.3, 0.4) is 0 Å². The summed E-state index contributed by atoms with van der Waals surface area (Å²) in [4.78, 5) is 39.6. The first kappa shape index (κ1) is 28.3. The van der Waals surface area contributed by atoms with E-state index in [4.69, 9.17) is 9.47 Å². The number of benzene rings is 2. The van der Waals surface area contributed by atoms with Gasteiger partial charge in [-0.05, 0) is 72.9 Å². The smallest absolute Gasteiger partial charge is 0.329 e. The van der Waals surface area contributed by atoms with E-state index in [-0.39, 0.29) is 12.5 Å². The molecule has 1 fully saturated rings. The van der Waals surface area contributed by atoms with Gasteiger partial charge >= 0.3 is 5.97 Å². The van der Waals surface area contributed by atoms with E-state index in [2.05, 4.69) is 29.6 Å². The molecule has 1 heterocycles. The Balaban J connectivity index is 1.44. The van der Waals surface area contributed by atoms with Crippen LogP contribution in [-0.4, -0.2) is 67.5 Å². The van der Waals surface area contributed by atoms with Crippen LogP contribution >= 0.6 is 11.8 Å². The quantitative estimate of drug-likeness (QED) is 0.334. The number of ether oxygens (including phenoxy) is 2. The van der Waals surface area contributed by atoms with Gasteiger partial charge in [-0.3, -0.25) is 9.59 Å². The van der Waals surface area contributed by atoms with Gasteiger partial charge in [0.2, 0.25) is 5.91 Å². The maximum Gasteiger partial charge on any atom is 0.329 e. The highest BCUT2D eigenvalue weighted by Gasteiger charge is 2.26. The molecule has 1 aliphatic rings. The van der Waals surface area contributed by atoms with E-state index in [1.807, 2.05) is 24.5 Å². The van der Waals surface area contributed by atoms with Crippen molar-refractivity contribution in [2.75, 3.05) is 38.8 Å². The zero-order valence-electron chi connectivity index (χ0n) is 21.6. The first-order valence-electron chi connectivity index (χ1n) is 12.6. The number of rotatable bonds is 12. The molecular weight excluding hydrogens is 488 g/mol. The first-order chi connectivity index (χ1) is 18.0. The molecule has 198 valence electrons. The standard InChI is InChI=1S/C29H36N2O5S/c1-35-25-11-8-22(9-12-25)10-13-27(32)30-26(16-19-37-2)29(34)36-21-28(33)31-17-14-24(15-18-31)20-23-6-4-3-5-7-23/h3-13,24,26H,14-21H2,1-2H3,(H,30,32)/b13-10+/t26-/m0/s1. The Labute approximate surface area is 223 Å². The average molecular weight is 525 g/mol. The molecule has 0 unspecified atom stereocenters. The normalized spacial score (nSPS) is 14.8. The fourth-order valence-corrected chi connectivity index (χ4v) is 4.72. The van der Waals surface area contributed by atoms with Crippen molar-refractivity contribution in [3.63, 3.8) is 0 Å². The van der Waals surface area contributed by atoms with Gasteiger partial charge < -0.3 is 19.7 Å². The Morgan fingerprint density at radius 3 is 2.43 bits per heavy atom. The van der Waals surface area contributed by atoms with Gasteiger partial charge in [0.25, 0.3) is 5.91 Å². The fourth-order valence-electron chi connectivity index (χ4n) is 4.25. The number of nitrogens with zero attached hydrogens (tertiary/aromatic N) is 1. The lowest BCUT2D eigenvalue weighted by Gasteiger charge is -2.32. The molecule has 2 amide bonds. The van der Waals surface area contributed by atoms with Gasteiger partial charge in [-0.25, -0.2) is 4.79 Å². The van der Waals surface area contributed by atoms with Crippen LogP contribution in [0, 0.1) is 5.92 Å². The molecule has 3 rings (SSSR count). The molecule has 2 aromatic carbocycles. The molecule has 1 saturated heterocycles. The van der Waals surface area contributed by atoms with E-state index in [0.717, 1.165) is 30.6 Å². The largest absolute Gasteiger partial charge is 0.497 e. The SMILES string of the molecule is COc1ccc(/C=C/C(=O)N[C@@H](CCSC)C(=O)OCC(=O)N2CCC(Cc3ccccc3)CC2)cc1. The number of amides is 2. The van der Waals surface area contributed by atoms with Gasteiger partial charge in [-0.15, -0.1) is 0 Å². The lowest BCUT2D eigenvalue weighted by molar-refractivity contribution is -0.154. The van der Waals surface area contributed by atoms with Crippen molar-refractivity contribution in [1.29, 1.82) is 0 Å². The molecular formula is C29H36N2O5S. The third kappa shape index (κ3) is 9.61. The molecule has 37 heavy (non-hydrogen) atoms. The van der Waals surface area contributed by atoms with E-state index in [1.54, 1.807) is 42.0 Å². The predicted molar refractivity (Wildman–Crippen MR) is 147 cm³/mol. The zero-order valence-corrected chi connectivity index (χ0v) is 22.4. The van der Waals surface area contributed by atoms with Crippen LogP contribution in [0.15, 0.2) is 60.7 Å². The second-order valence-electron chi connectivity index (χ2n) is 9.07. The van der Waals surface area contributed by atoms with Gasteiger partial charge in [0.15, 0.2) is 6.61 Å². The summed E-state index contributed by atoms with van der Waals surface area (Å²) in [6, 6.07) is 16.8. The van der Waals surface area contributed by atoms with Crippen molar-refractivity contribution >= 4 is 35.6 Å². The first-order valence-corrected chi connectivity index (χ1v) is 14.0. The van der Waals surface area contributed by atoms with Crippen LogP contribution in [0.2, 0.25) is 0 Å². The number of hydrogen-bond acceptors (Lipinski definition) is 6. The molecule has 2 aromatic rings. The molecule has 8 heteroatoms. The molecule has 0 saturated carbocycles. The van der Waals surface area contributed by atoms with Crippen LogP contribution in [0.5, 0.6) is 5.75 Å². The summed E-state index contributed by atoms with van der Waals surface area (Å²) in [7, 11) is 1.59.